The van der Waals surface area contributed by atoms with Gasteiger partial charge in [-0.15, -0.1) is 11.3 Å². The van der Waals surface area contributed by atoms with Crippen LogP contribution in [0.1, 0.15) is 40.9 Å². The molecule has 0 amide bonds. The Bertz CT molecular complexity index is 505. The standard InChI is InChI=1S/C15H20N2S/c1-4-15-17-10-13(18-15)9-16-12(3)14-8-6-5-7-11(14)2/h5-8,10,12,16H,4,9H2,1-3H3/t12-/m0/s1. The van der Waals surface area contributed by atoms with Gasteiger partial charge in [0.15, 0.2) is 0 Å². The van der Waals surface area contributed by atoms with Crippen LogP contribution in [0.5, 0.6) is 0 Å². The van der Waals surface area contributed by atoms with E-state index in [0.29, 0.717) is 6.04 Å². The Kier molecular flexibility index (Phi) is 4.50. The summed E-state index contributed by atoms with van der Waals surface area (Å²) in [7, 11) is 0. The maximum Gasteiger partial charge on any atom is 0.0925 e. The number of benzene rings is 1. The van der Waals surface area contributed by atoms with Gasteiger partial charge in [-0.3, -0.25) is 0 Å². The van der Waals surface area contributed by atoms with E-state index in [1.807, 2.05) is 6.20 Å². The second-order valence-electron chi connectivity index (χ2n) is 4.53. The highest BCUT2D eigenvalue weighted by Crippen LogP contribution is 2.19. The quantitative estimate of drug-likeness (QED) is 0.883. The molecule has 2 nitrogen and oxygen atoms in total. The molecule has 0 fully saturated rings. The number of hydrogen-bond donors (Lipinski definition) is 1. The predicted octanol–water partition coefficient (Wildman–Crippen LogP) is 3.86. The molecule has 0 radical (unpaired) electrons. The molecular formula is C15H20N2S. The van der Waals surface area contributed by atoms with Gasteiger partial charge in [-0.2, -0.15) is 0 Å². The van der Waals surface area contributed by atoms with Gasteiger partial charge in [0.1, 0.15) is 0 Å². The van der Waals surface area contributed by atoms with Crippen molar-refractivity contribution in [2.45, 2.75) is 39.8 Å². The zero-order valence-electron chi connectivity index (χ0n) is 11.2. The van der Waals surface area contributed by atoms with Gasteiger partial charge >= 0.3 is 0 Å². The number of hydrogen-bond acceptors (Lipinski definition) is 3. The normalized spacial score (nSPS) is 12.6. The molecule has 96 valence electrons. The van der Waals surface area contributed by atoms with Crippen LogP contribution >= 0.6 is 11.3 Å². The molecule has 0 aliphatic rings. The van der Waals surface area contributed by atoms with Crippen molar-refractivity contribution in [3.63, 3.8) is 0 Å². The van der Waals surface area contributed by atoms with Gasteiger partial charge in [0, 0.05) is 23.7 Å². The summed E-state index contributed by atoms with van der Waals surface area (Å²) in [6.07, 6.45) is 3.01. The molecule has 1 aromatic heterocycles. The molecule has 0 aliphatic heterocycles. The summed E-state index contributed by atoms with van der Waals surface area (Å²) in [5.74, 6) is 0. The molecule has 0 unspecified atom stereocenters. The van der Waals surface area contributed by atoms with Crippen LogP contribution in [0.4, 0.5) is 0 Å². The number of rotatable bonds is 5. The minimum atomic E-state index is 0.373. The van der Waals surface area contributed by atoms with E-state index >= 15 is 0 Å². The van der Waals surface area contributed by atoms with Gasteiger partial charge in [0.05, 0.1) is 5.01 Å². The highest BCUT2D eigenvalue weighted by Gasteiger charge is 2.08. The van der Waals surface area contributed by atoms with E-state index in [4.69, 9.17) is 0 Å². The van der Waals surface area contributed by atoms with E-state index in [9.17, 15) is 0 Å². The largest absolute Gasteiger partial charge is 0.305 e. The van der Waals surface area contributed by atoms with Crippen LogP contribution in [0.15, 0.2) is 30.5 Å². The number of nitrogens with one attached hydrogen (secondary N) is 1. The van der Waals surface area contributed by atoms with Crippen molar-refractivity contribution in [1.82, 2.24) is 10.3 Å². The summed E-state index contributed by atoms with van der Waals surface area (Å²) < 4.78 is 0. The Hall–Kier alpha value is -1.19. The third-order valence-corrected chi connectivity index (χ3v) is 4.28. The maximum absolute atomic E-state index is 4.38. The van der Waals surface area contributed by atoms with E-state index in [2.05, 4.69) is 55.3 Å². The zero-order chi connectivity index (χ0) is 13.0. The fraction of sp³-hybridized carbons (Fsp3) is 0.400. The van der Waals surface area contributed by atoms with Gasteiger partial charge in [0.25, 0.3) is 0 Å². The molecule has 2 rings (SSSR count). The summed E-state index contributed by atoms with van der Waals surface area (Å²) in [6, 6.07) is 8.91. The van der Waals surface area contributed by atoms with Crippen molar-refractivity contribution >= 4 is 11.3 Å². The van der Waals surface area contributed by atoms with Crippen molar-refractivity contribution in [2.75, 3.05) is 0 Å². The lowest BCUT2D eigenvalue weighted by Gasteiger charge is -2.15. The van der Waals surface area contributed by atoms with Crippen LogP contribution in [-0.2, 0) is 13.0 Å². The summed E-state index contributed by atoms with van der Waals surface area (Å²) in [5.41, 5.74) is 2.72. The summed E-state index contributed by atoms with van der Waals surface area (Å²) in [5, 5.41) is 4.78. The predicted molar refractivity (Wildman–Crippen MR) is 77.9 cm³/mol. The number of aryl methyl sites for hydroxylation is 2. The summed E-state index contributed by atoms with van der Waals surface area (Å²) in [6.45, 7) is 7.42. The monoisotopic (exact) mass is 260 g/mol. The Morgan fingerprint density at radius 3 is 2.78 bits per heavy atom. The number of thiazole rings is 1. The van der Waals surface area contributed by atoms with E-state index in [1.54, 1.807) is 11.3 Å². The average Bonchev–Trinajstić information content (AvgIpc) is 2.84. The second-order valence-corrected chi connectivity index (χ2v) is 5.73. The molecule has 0 aliphatic carbocycles. The first kappa shape index (κ1) is 13.2. The third kappa shape index (κ3) is 3.18. The molecule has 1 N–H and O–H groups in total. The number of aromatic nitrogens is 1. The molecule has 1 aromatic carbocycles. The van der Waals surface area contributed by atoms with Crippen LogP contribution in [0, 0.1) is 6.92 Å². The molecule has 1 heterocycles. The van der Waals surface area contributed by atoms with Gasteiger partial charge in [-0.1, -0.05) is 31.2 Å². The molecule has 2 aromatic rings. The van der Waals surface area contributed by atoms with Crippen LogP contribution < -0.4 is 5.32 Å². The van der Waals surface area contributed by atoms with Crippen molar-refractivity contribution in [3.8, 4) is 0 Å². The van der Waals surface area contributed by atoms with Crippen molar-refractivity contribution < 1.29 is 0 Å². The van der Waals surface area contributed by atoms with E-state index in [-0.39, 0.29) is 0 Å². The SMILES string of the molecule is CCc1ncc(CN[C@@H](C)c2ccccc2C)s1. The first-order valence-electron chi connectivity index (χ1n) is 6.43. The first-order valence-corrected chi connectivity index (χ1v) is 7.25. The van der Waals surface area contributed by atoms with Gasteiger partial charge in [-0.25, -0.2) is 4.98 Å². The average molecular weight is 260 g/mol. The molecule has 0 saturated heterocycles. The lowest BCUT2D eigenvalue weighted by atomic mass is 10.0. The molecule has 0 saturated carbocycles. The highest BCUT2D eigenvalue weighted by molar-refractivity contribution is 7.11. The van der Waals surface area contributed by atoms with Gasteiger partial charge in [-0.05, 0) is 31.4 Å². The minimum Gasteiger partial charge on any atom is -0.305 e. The smallest absolute Gasteiger partial charge is 0.0925 e. The maximum atomic E-state index is 4.38. The first-order chi connectivity index (χ1) is 8.70. The Morgan fingerprint density at radius 1 is 1.33 bits per heavy atom. The molecule has 18 heavy (non-hydrogen) atoms. The highest BCUT2D eigenvalue weighted by atomic mass is 32.1. The Morgan fingerprint density at radius 2 is 2.11 bits per heavy atom. The topological polar surface area (TPSA) is 24.9 Å². The zero-order valence-corrected chi connectivity index (χ0v) is 12.1. The van der Waals surface area contributed by atoms with Crippen LogP contribution in [0.25, 0.3) is 0 Å². The molecular weight excluding hydrogens is 240 g/mol. The van der Waals surface area contributed by atoms with E-state index in [0.717, 1.165) is 13.0 Å². The summed E-state index contributed by atoms with van der Waals surface area (Å²) >= 11 is 1.80. The lowest BCUT2D eigenvalue weighted by Crippen LogP contribution is -2.18. The van der Waals surface area contributed by atoms with Gasteiger partial charge < -0.3 is 5.32 Å². The fourth-order valence-corrected chi connectivity index (χ4v) is 2.84. The molecule has 3 heteroatoms. The third-order valence-electron chi connectivity index (χ3n) is 3.14. The lowest BCUT2D eigenvalue weighted by molar-refractivity contribution is 0.576. The second kappa shape index (κ2) is 6.12. The Balaban J connectivity index is 1.96. The van der Waals surface area contributed by atoms with Gasteiger partial charge in [0.2, 0.25) is 0 Å². The molecule has 1 atom stereocenters. The molecule has 0 spiro atoms. The van der Waals surface area contributed by atoms with Crippen LogP contribution in [0.2, 0.25) is 0 Å². The minimum absolute atomic E-state index is 0.373. The van der Waals surface area contributed by atoms with Crippen LogP contribution in [-0.4, -0.2) is 4.98 Å². The van der Waals surface area contributed by atoms with Crippen molar-refractivity contribution in [3.05, 3.63) is 51.5 Å². The summed E-state index contributed by atoms with van der Waals surface area (Å²) in [4.78, 5) is 5.69. The molecule has 0 bridgehead atoms. The van der Waals surface area contributed by atoms with E-state index in [1.165, 1.54) is 21.0 Å². The van der Waals surface area contributed by atoms with Crippen molar-refractivity contribution in [1.29, 1.82) is 0 Å². The Labute approximate surface area is 113 Å². The fourth-order valence-electron chi connectivity index (χ4n) is 2.03. The number of nitrogens with zero attached hydrogens (tertiary/aromatic N) is 1. The van der Waals surface area contributed by atoms with Crippen molar-refractivity contribution in [2.24, 2.45) is 0 Å². The van der Waals surface area contributed by atoms with Crippen LogP contribution in [0.3, 0.4) is 0 Å². The van der Waals surface area contributed by atoms with E-state index < -0.39 is 0 Å².